The normalized spacial score (nSPS) is 20.8. The van der Waals surface area contributed by atoms with E-state index in [1.54, 1.807) is 0 Å². The van der Waals surface area contributed by atoms with E-state index in [0.29, 0.717) is 19.3 Å². The van der Waals surface area contributed by atoms with Crippen molar-refractivity contribution in [2.75, 3.05) is 19.9 Å². The molecule has 2 aromatic rings. The second-order valence-corrected chi connectivity index (χ2v) is 11.3. The van der Waals surface area contributed by atoms with E-state index in [2.05, 4.69) is 49.1 Å². The van der Waals surface area contributed by atoms with Gasteiger partial charge in [0.05, 0.1) is 24.8 Å². The molecule has 0 aliphatic carbocycles. The molecule has 2 aromatic carbocycles. The fourth-order valence-electron chi connectivity index (χ4n) is 5.81. The number of thioether (sulfide) groups is 1. The number of likely N-dealkylation sites (tertiary alicyclic amines) is 1. The molecule has 198 valence electrons. The Balaban J connectivity index is 1.43. The number of ether oxygens (including phenoxy) is 3. The molecule has 0 radical (unpaired) electrons. The zero-order chi connectivity index (χ0) is 25.5. The molecule has 1 N–H and O–H groups in total. The number of hydrogen-bond acceptors (Lipinski definition) is 6. The first-order valence-corrected chi connectivity index (χ1v) is 14.6. The third kappa shape index (κ3) is 5.98. The summed E-state index contributed by atoms with van der Waals surface area (Å²) in [5.74, 6) is 2.65. The topological polar surface area (TPSA) is 51.2 Å². The minimum Gasteiger partial charge on any atom is -0.490 e. The van der Waals surface area contributed by atoms with Crippen LogP contribution in [0.2, 0.25) is 0 Å². The number of hydrogen-bond donors (Lipinski definition) is 1. The SMILES string of the molecule is CCCC1(CCC)Oc2ccc(C3CCC(CCc4ccc(OCC)c(OCC)c4)N3CO)cc2S1. The van der Waals surface area contributed by atoms with Gasteiger partial charge in [-0.05, 0) is 87.8 Å². The first-order chi connectivity index (χ1) is 17.6. The van der Waals surface area contributed by atoms with E-state index >= 15 is 0 Å². The standard InChI is InChI=1S/C30H43NO4S/c1-5-17-30(18-6-2)35-27-16-11-23(20-29(27)36-30)25-14-13-24(31(25)21-32)12-9-22-10-15-26(33-7-3)28(19-22)34-8-4/h10-11,15-16,19-20,24-25,32H,5-9,12-14,17-18,21H2,1-4H3. The molecule has 5 nitrogen and oxygen atoms in total. The summed E-state index contributed by atoms with van der Waals surface area (Å²) < 4.78 is 18.0. The monoisotopic (exact) mass is 513 g/mol. The van der Waals surface area contributed by atoms with Crippen molar-refractivity contribution < 1.29 is 19.3 Å². The smallest absolute Gasteiger partial charge is 0.161 e. The van der Waals surface area contributed by atoms with Crippen molar-refractivity contribution >= 4 is 11.8 Å². The molecular formula is C30H43NO4S. The summed E-state index contributed by atoms with van der Waals surface area (Å²) in [6.07, 6.45) is 8.50. The number of fused-ring (bicyclic) bond motifs is 1. The molecule has 6 heteroatoms. The van der Waals surface area contributed by atoms with Crippen LogP contribution in [0, 0.1) is 0 Å². The lowest BCUT2D eigenvalue weighted by Crippen LogP contribution is -2.32. The van der Waals surface area contributed by atoms with Gasteiger partial charge in [-0.3, -0.25) is 4.90 Å². The molecule has 2 heterocycles. The Morgan fingerprint density at radius 2 is 1.72 bits per heavy atom. The van der Waals surface area contributed by atoms with Crippen molar-refractivity contribution in [1.29, 1.82) is 0 Å². The Morgan fingerprint density at radius 1 is 0.972 bits per heavy atom. The minimum absolute atomic E-state index is 0.0825. The van der Waals surface area contributed by atoms with Crippen molar-refractivity contribution in [3.05, 3.63) is 47.5 Å². The highest BCUT2D eigenvalue weighted by Crippen LogP contribution is 2.53. The third-order valence-corrected chi connectivity index (χ3v) is 8.79. The van der Waals surface area contributed by atoms with Gasteiger partial charge in [-0.1, -0.05) is 50.6 Å². The molecule has 0 amide bonds. The lowest BCUT2D eigenvalue weighted by Gasteiger charge is -2.28. The van der Waals surface area contributed by atoms with Gasteiger partial charge in [-0.2, -0.15) is 0 Å². The van der Waals surface area contributed by atoms with Crippen molar-refractivity contribution in [1.82, 2.24) is 4.90 Å². The summed E-state index contributed by atoms with van der Waals surface area (Å²) >= 11 is 1.91. The highest BCUT2D eigenvalue weighted by molar-refractivity contribution is 8.00. The van der Waals surface area contributed by atoms with Crippen LogP contribution in [-0.4, -0.2) is 40.9 Å². The molecule has 2 atom stereocenters. The van der Waals surface area contributed by atoms with E-state index in [1.807, 2.05) is 31.7 Å². The van der Waals surface area contributed by atoms with E-state index in [4.69, 9.17) is 14.2 Å². The van der Waals surface area contributed by atoms with Gasteiger partial charge in [-0.15, -0.1) is 0 Å². The van der Waals surface area contributed by atoms with Crippen LogP contribution in [0.25, 0.3) is 0 Å². The first kappa shape index (κ1) is 27.2. The number of benzene rings is 2. The summed E-state index contributed by atoms with van der Waals surface area (Å²) in [5.41, 5.74) is 2.54. The van der Waals surface area contributed by atoms with Gasteiger partial charge in [0.2, 0.25) is 0 Å². The summed E-state index contributed by atoms with van der Waals surface area (Å²) in [7, 11) is 0. The van der Waals surface area contributed by atoms with Gasteiger partial charge < -0.3 is 19.3 Å². The average Bonchev–Trinajstić information content (AvgIpc) is 3.45. The van der Waals surface area contributed by atoms with Gasteiger partial charge in [0.15, 0.2) is 16.4 Å². The molecule has 2 aliphatic rings. The molecule has 2 aliphatic heterocycles. The second kappa shape index (κ2) is 12.6. The summed E-state index contributed by atoms with van der Waals surface area (Å²) in [6, 6.07) is 13.6. The summed E-state index contributed by atoms with van der Waals surface area (Å²) in [5, 5.41) is 10.4. The molecule has 0 bridgehead atoms. The summed E-state index contributed by atoms with van der Waals surface area (Å²) in [4.78, 5) is 3.43. The van der Waals surface area contributed by atoms with Gasteiger partial charge in [0, 0.05) is 12.1 Å². The quantitative estimate of drug-likeness (QED) is 0.302. The fraction of sp³-hybridized carbons (Fsp3) is 0.600. The molecule has 0 aromatic heterocycles. The van der Waals surface area contributed by atoms with Crippen LogP contribution in [0.4, 0.5) is 0 Å². The van der Waals surface area contributed by atoms with Crippen molar-refractivity contribution in [3.63, 3.8) is 0 Å². The minimum atomic E-state index is -0.114. The zero-order valence-electron chi connectivity index (χ0n) is 22.4. The second-order valence-electron chi connectivity index (χ2n) is 9.91. The molecular weight excluding hydrogens is 470 g/mol. The van der Waals surface area contributed by atoms with E-state index in [1.165, 1.54) is 16.0 Å². The molecule has 36 heavy (non-hydrogen) atoms. The lowest BCUT2D eigenvalue weighted by molar-refractivity contribution is 0.0595. The van der Waals surface area contributed by atoms with Gasteiger partial charge in [-0.25, -0.2) is 0 Å². The maximum atomic E-state index is 10.4. The highest BCUT2D eigenvalue weighted by atomic mass is 32.2. The maximum absolute atomic E-state index is 10.4. The van der Waals surface area contributed by atoms with Crippen LogP contribution >= 0.6 is 11.8 Å². The van der Waals surface area contributed by atoms with E-state index < -0.39 is 0 Å². The van der Waals surface area contributed by atoms with Gasteiger partial charge >= 0.3 is 0 Å². The zero-order valence-corrected chi connectivity index (χ0v) is 23.2. The third-order valence-electron chi connectivity index (χ3n) is 7.39. The predicted octanol–water partition coefficient (Wildman–Crippen LogP) is 7.35. The highest BCUT2D eigenvalue weighted by Gasteiger charge is 2.40. The van der Waals surface area contributed by atoms with Crippen LogP contribution < -0.4 is 14.2 Å². The van der Waals surface area contributed by atoms with Gasteiger partial charge in [0.25, 0.3) is 0 Å². The number of nitrogens with zero attached hydrogens (tertiary/aromatic N) is 1. The lowest BCUT2D eigenvalue weighted by atomic mass is 10.0. The van der Waals surface area contributed by atoms with Crippen molar-refractivity contribution in [2.24, 2.45) is 0 Å². The number of aliphatic hydroxyl groups is 1. The molecule has 4 rings (SSSR count). The average molecular weight is 514 g/mol. The predicted molar refractivity (Wildman–Crippen MR) is 147 cm³/mol. The molecule has 2 unspecified atom stereocenters. The van der Waals surface area contributed by atoms with Crippen LogP contribution in [-0.2, 0) is 6.42 Å². The van der Waals surface area contributed by atoms with Crippen LogP contribution in [0.15, 0.2) is 41.3 Å². The number of aryl methyl sites for hydroxylation is 1. The molecule has 1 saturated heterocycles. The molecule has 1 fully saturated rings. The number of aliphatic hydroxyl groups excluding tert-OH is 1. The fourth-order valence-corrected chi connectivity index (χ4v) is 7.36. The van der Waals surface area contributed by atoms with E-state index in [9.17, 15) is 5.11 Å². The van der Waals surface area contributed by atoms with E-state index in [-0.39, 0.29) is 17.7 Å². The Morgan fingerprint density at radius 3 is 2.42 bits per heavy atom. The largest absolute Gasteiger partial charge is 0.490 e. The van der Waals surface area contributed by atoms with Crippen LogP contribution in [0.3, 0.4) is 0 Å². The molecule has 0 saturated carbocycles. The van der Waals surface area contributed by atoms with E-state index in [0.717, 1.165) is 68.6 Å². The van der Waals surface area contributed by atoms with Crippen LogP contribution in [0.1, 0.15) is 89.8 Å². The Labute approximate surface area is 221 Å². The Kier molecular flexibility index (Phi) is 9.48. The summed E-state index contributed by atoms with van der Waals surface area (Å²) in [6.45, 7) is 9.78. The Hall–Kier alpha value is -1.89. The van der Waals surface area contributed by atoms with Crippen molar-refractivity contribution in [3.8, 4) is 17.2 Å². The Bertz CT molecular complexity index is 991. The molecule has 0 spiro atoms. The van der Waals surface area contributed by atoms with Crippen molar-refractivity contribution in [2.45, 2.75) is 101 Å². The maximum Gasteiger partial charge on any atom is 0.161 e. The van der Waals surface area contributed by atoms with Crippen LogP contribution in [0.5, 0.6) is 17.2 Å². The first-order valence-electron chi connectivity index (χ1n) is 13.8. The number of rotatable bonds is 13. The van der Waals surface area contributed by atoms with Gasteiger partial charge in [0.1, 0.15) is 5.75 Å².